The van der Waals surface area contributed by atoms with Crippen LogP contribution in [0.4, 0.5) is 0 Å². The monoisotopic (exact) mass is 212 g/mol. The molecule has 0 amide bonds. The van der Waals surface area contributed by atoms with Gasteiger partial charge in [-0.15, -0.1) is 0 Å². The third-order valence-electron chi connectivity index (χ3n) is 2.64. The van der Waals surface area contributed by atoms with Gasteiger partial charge in [0, 0.05) is 11.6 Å². The Bertz CT molecular complexity index is 620. The number of aromatic amines is 1. The number of H-pyrrole nitrogens is 1. The molecule has 1 heterocycles. The quantitative estimate of drug-likeness (QED) is 0.830. The molecule has 0 aliphatic heterocycles. The first-order valence-corrected chi connectivity index (χ1v) is 5.31. The second-order valence-electron chi connectivity index (χ2n) is 3.73. The van der Waals surface area contributed by atoms with Crippen LogP contribution in [0.1, 0.15) is 24.5 Å². The highest BCUT2D eigenvalue weighted by atomic mass is 16.1. The number of fused-ring (bicyclic) bond motifs is 1. The number of aryl methyl sites for hydroxylation is 1. The SMILES string of the molecule is CCCc1cccc2c(=O)c(C#N)c[nH]c12. The number of nitriles is 1. The lowest BCUT2D eigenvalue weighted by Gasteiger charge is -2.04. The van der Waals surface area contributed by atoms with Gasteiger partial charge in [0.25, 0.3) is 0 Å². The van der Waals surface area contributed by atoms with E-state index >= 15 is 0 Å². The van der Waals surface area contributed by atoms with Gasteiger partial charge in [-0.3, -0.25) is 4.79 Å². The van der Waals surface area contributed by atoms with Gasteiger partial charge in [-0.05, 0) is 18.1 Å². The zero-order valence-corrected chi connectivity index (χ0v) is 9.08. The normalized spacial score (nSPS) is 10.2. The highest BCUT2D eigenvalue weighted by Crippen LogP contribution is 2.15. The summed E-state index contributed by atoms with van der Waals surface area (Å²) in [5.41, 5.74) is 1.96. The smallest absolute Gasteiger partial charge is 0.207 e. The van der Waals surface area contributed by atoms with E-state index in [1.165, 1.54) is 6.20 Å². The van der Waals surface area contributed by atoms with Crippen LogP contribution in [0.25, 0.3) is 10.9 Å². The lowest BCUT2D eigenvalue weighted by atomic mass is 10.0. The van der Waals surface area contributed by atoms with Crippen LogP contribution >= 0.6 is 0 Å². The van der Waals surface area contributed by atoms with E-state index < -0.39 is 0 Å². The van der Waals surface area contributed by atoms with Crippen molar-refractivity contribution in [3.8, 4) is 6.07 Å². The average molecular weight is 212 g/mol. The minimum absolute atomic E-state index is 0.168. The maximum absolute atomic E-state index is 11.9. The largest absolute Gasteiger partial charge is 0.359 e. The molecule has 2 aromatic rings. The summed E-state index contributed by atoms with van der Waals surface area (Å²) in [6.07, 6.45) is 3.45. The van der Waals surface area contributed by atoms with E-state index in [1.807, 2.05) is 18.2 Å². The molecule has 0 aliphatic carbocycles. The molecule has 0 fully saturated rings. The van der Waals surface area contributed by atoms with Crippen molar-refractivity contribution in [1.29, 1.82) is 5.26 Å². The highest BCUT2D eigenvalue weighted by molar-refractivity contribution is 5.82. The Kier molecular flexibility index (Phi) is 2.74. The summed E-state index contributed by atoms with van der Waals surface area (Å²) >= 11 is 0. The van der Waals surface area contributed by atoms with Crippen molar-refractivity contribution in [2.24, 2.45) is 0 Å². The Balaban J connectivity index is 2.79. The first-order valence-electron chi connectivity index (χ1n) is 5.31. The maximum Gasteiger partial charge on any atom is 0.207 e. The van der Waals surface area contributed by atoms with Crippen LogP contribution in [0.15, 0.2) is 29.2 Å². The van der Waals surface area contributed by atoms with Gasteiger partial charge in [-0.1, -0.05) is 25.5 Å². The fourth-order valence-electron chi connectivity index (χ4n) is 1.88. The summed E-state index contributed by atoms with van der Waals surface area (Å²) in [7, 11) is 0. The zero-order chi connectivity index (χ0) is 11.5. The second kappa shape index (κ2) is 4.19. The summed E-state index contributed by atoms with van der Waals surface area (Å²) in [6, 6.07) is 7.53. The van der Waals surface area contributed by atoms with Gasteiger partial charge in [-0.2, -0.15) is 5.26 Å². The maximum atomic E-state index is 11.9. The molecule has 1 aromatic heterocycles. The van der Waals surface area contributed by atoms with Crippen LogP contribution < -0.4 is 5.43 Å². The van der Waals surface area contributed by atoms with Gasteiger partial charge in [0.15, 0.2) is 0 Å². The van der Waals surface area contributed by atoms with E-state index in [1.54, 1.807) is 6.07 Å². The summed E-state index contributed by atoms with van der Waals surface area (Å²) in [4.78, 5) is 14.9. The van der Waals surface area contributed by atoms with E-state index in [9.17, 15) is 4.79 Å². The van der Waals surface area contributed by atoms with E-state index in [4.69, 9.17) is 5.26 Å². The number of nitrogens with one attached hydrogen (secondary N) is 1. The van der Waals surface area contributed by atoms with Crippen molar-refractivity contribution in [3.63, 3.8) is 0 Å². The van der Waals surface area contributed by atoms with Crippen LogP contribution in [0.2, 0.25) is 0 Å². The standard InChI is InChI=1S/C13H12N2O/c1-2-4-9-5-3-6-11-12(9)15-8-10(7-14)13(11)16/h3,5-6,8H,2,4H2,1H3,(H,15,16). The molecular formula is C13H12N2O. The van der Waals surface area contributed by atoms with Crippen molar-refractivity contribution in [2.45, 2.75) is 19.8 Å². The van der Waals surface area contributed by atoms with Crippen LogP contribution in [0.5, 0.6) is 0 Å². The van der Waals surface area contributed by atoms with Crippen LogP contribution in [0.3, 0.4) is 0 Å². The minimum Gasteiger partial charge on any atom is -0.359 e. The number of pyridine rings is 1. The number of rotatable bonds is 2. The number of para-hydroxylation sites is 1. The van der Waals surface area contributed by atoms with E-state index in [0.717, 1.165) is 23.9 Å². The molecule has 0 saturated carbocycles. The molecule has 0 atom stereocenters. The predicted molar refractivity (Wildman–Crippen MR) is 63.3 cm³/mol. The Labute approximate surface area is 93.3 Å². The van der Waals surface area contributed by atoms with E-state index in [2.05, 4.69) is 11.9 Å². The third kappa shape index (κ3) is 1.59. The first kappa shape index (κ1) is 10.4. The van der Waals surface area contributed by atoms with Gasteiger partial charge in [0.05, 0.1) is 5.52 Å². The highest BCUT2D eigenvalue weighted by Gasteiger charge is 2.06. The zero-order valence-electron chi connectivity index (χ0n) is 9.08. The minimum atomic E-state index is -0.186. The Morgan fingerprint density at radius 1 is 1.44 bits per heavy atom. The molecule has 2 rings (SSSR count). The molecule has 0 aliphatic rings. The predicted octanol–water partition coefficient (Wildman–Crippen LogP) is 2.35. The Morgan fingerprint density at radius 3 is 2.94 bits per heavy atom. The topological polar surface area (TPSA) is 56.6 Å². The second-order valence-corrected chi connectivity index (χ2v) is 3.73. The molecule has 3 heteroatoms. The van der Waals surface area contributed by atoms with Crippen LogP contribution in [-0.2, 0) is 6.42 Å². The number of hydrogen-bond acceptors (Lipinski definition) is 2. The average Bonchev–Trinajstić information content (AvgIpc) is 2.31. The van der Waals surface area contributed by atoms with Crippen LogP contribution in [-0.4, -0.2) is 4.98 Å². The lowest BCUT2D eigenvalue weighted by Crippen LogP contribution is -2.08. The molecule has 0 unspecified atom stereocenters. The molecule has 0 radical (unpaired) electrons. The molecule has 1 aromatic carbocycles. The van der Waals surface area contributed by atoms with Crippen molar-refractivity contribution in [1.82, 2.24) is 4.98 Å². The summed E-state index contributed by atoms with van der Waals surface area (Å²) in [5.74, 6) is 0. The van der Waals surface area contributed by atoms with E-state index in [-0.39, 0.29) is 11.0 Å². The molecule has 3 nitrogen and oxygen atoms in total. The number of benzene rings is 1. The molecule has 0 saturated heterocycles. The number of nitrogens with zero attached hydrogens (tertiary/aromatic N) is 1. The van der Waals surface area contributed by atoms with Gasteiger partial charge >= 0.3 is 0 Å². The Hall–Kier alpha value is -2.08. The Morgan fingerprint density at radius 2 is 2.25 bits per heavy atom. The van der Waals surface area contributed by atoms with Gasteiger partial charge < -0.3 is 4.98 Å². The third-order valence-corrected chi connectivity index (χ3v) is 2.64. The van der Waals surface area contributed by atoms with Crippen molar-refractivity contribution in [2.75, 3.05) is 0 Å². The van der Waals surface area contributed by atoms with Gasteiger partial charge in [0.2, 0.25) is 5.43 Å². The van der Waals surface area contributed by atoms with Gasteiger partial charge in [0.1, 0.15) is 11.6 Å². The van der Waals surface area contributed by atoms with Crippen molar-refractivity contribution < 1.29 is 0 Å². The summed E-state index contributed by atoms with van der Waals surface area (Å²) in [6.45, 7) is 2.10. The molecule has 1 N–H and O–H groups in total. The number of aromatic nitrogens is 1. The first-order chi connectivity index (χ1) is 7.77. The summed E-state index contributed by atoms with van der Waals surface area (Å²) in [5, 5.41) is 9.38. The fourth-order valence-corrected chi connectivity index (χ4v) is 1.88. The van der Waals surface area contributed by atoms with E-state index in [0.29, 0.717) is 5.39 Å². The fraction of sp³-hybridized carbons (Fsp3) is 0.231. The van der Waals surface area contributed by atoms with Crippen molar-refractivity contribution in [3.05, 3.63) is 45.7 Å². The molecule has 80 valence electrons. The van der Waals surface area contributed by atoms with Gasteiger partial charge in [-0.25, -0.2) is 0 Å². The summed E-state index contributed by atoms with van der Waals surface area (Å²) < 4.78 is 0. The molecule has 16 heavy (non-hydrogen) atoms. The van der Waals surface area contributed by atoms with Crippen LogP contribution in [0, 0.1) is 11.3 Å². The molecule has 0 bridgehead atoms. The molecular weight excluding hydrogens is 200 g/mol. The lowest BCUT2D eigenvalue weighted by molar-refractivity contribution is 0.926. The molecule has 0 spiro atoms. The number of hydrogen-bond donors (Lipinski definition) is 1. The van der Waals surface area contributed by atoms with Crippen molar-refractivity contribution >= 4 is 10.9 Å².